The van der Waals surface area contributed by atoms with E-state index in [2.05, 4.69) is 10.4 Å². The van der Waals surface area contributed by atoms with E-state index in [1.54, 1.807) is 12.1 Å². The maximum Gasteiger partial charge on any atom is 0.147 e. The van der Waals surface area contributed by atoms with Gasteiger partial charge in [0.05, 0.1) is 5.69 Å². The van der Waals surface area contributed by atoms with Crippen LogP contribution in [0.25, 0.3) is 0 Å². The van der Waals surface area contributed by atoms with Crippen LogP contribution >= 0.6 is 0 Å². The zero-order valence-electron chi connectivity index (χ0n) is 7.46. The fraction of sp³-hybridized carbons (Fsp3) is 0.400. The van der Waals surface area contributed by atoms with Crippen molar-refractivity contribution < 1.29 is 4.39 Å². The highest BCUT2D eigenvalue weighted by Crippen LogP contribution is 2.15. The summed E-state index contributed by atoms with van der Waals surface area (Å²) in [6.45, 7) is 2.02. The molecule has 0 saturated carbocycles. The molecule has 1 heterocycles. The Morgan fingerprint density at radius 1 is 1.15 bits per heavy atom. The van der Waals surface area contributed by atoms with Gasteiger partial charge >= 0.3 is 0 Å². The molecule has 0 radical (unpaired) electrons. The summed E-state index contributed by atoms with van der Waals surface area (Å²) in [5, 5.41) is 2.05. The lowest BCUT2D eigenvalue weighted by Crippen LogP contribution is -2.26. The lowest BCUT2D eigenvalue weighted by molar-refractivity contribution is 0.406. The van der Waals surface area contributed by atoms with Crippen LogP contribution < -0.4 is 5.43 Å². The van der Waals surface area contributed by atoms with E-state index in [0.717, 1.165) is 13.1 Å². The normalized spacial score (nSPS) is 17.6. The third kappa shape index (κ3) is 1.98. The molecule has 1 N–H and O–H groups in total. The number of hydrogen-bond acceptors (Lipinski definition) is 2. The molecule has 1 aliphatic heterocycles. The molecular formula is C10H13FN2. The maximum absolute atomic E-state index is 13.2. The summed E-state index contributed by atoms with van der Waals surface area (Å²) in [4.78, 5) is 0. The minimum absolute atomic E-state index is 0.186. The number of nitrogens with one attached hydrogen (secondary N) is 1. The average Bonchev–Trinajstić information content (AvgIpc) is 2.61. The number of rotatable bonds is 2. The zero-order chi connectivity index (χ0) is 9.10. The molecule has 2 rings (SSSR count). The van der Waals surface area contributed by atoms with Gasteiger partial charge in [0.2, 0.25) is 0 Å². The highest BCUT2D eigenvalue weighted by atomic mass is 19.1. The molecule has 0 unspecified atom stereocenters. The van der Waals surface area contributed by atoms with Crippen LogP contribution in [0.1, 0.15) is 12.8 Å². The van der Waals surface area contributed by atoms with E-state index in [9.17, 15) is 4.39 Å². The summed E-state index contributed by atoms with van der Waals surface area (Å²) in [5.41, 5.74) is 3.64. The number of hydrogen-bond donors (Lipinski definition) is 1. The molecule has 3 heteroatoms. The van der Waals surface area contributed by atoms with Crippen molar-refractivity contribution in [3.63, 3.8) is 0 Å². The SMILES string of the molecule is Fc1ccccc1NN1CCCC1. The highest BCUT2D eigenvalue weighted by Gasteiger charge is 2.12. The smallest absolute Gasteiger partial charge is 0.147 e. The van der Waals surface area contributed by atoms with Gasteiger partial charge in [-0.2, -0.15) is 0 Å². The molecule has 0 atom stereocenters. The first-order chi connectivity index (χ1) is 6.36. The van der Waals surface area contributed by atoms with Gasteiger partial charge in [0.1, 0.15) is 5.82 Å². The molecule has 70 valence electrons. The van der Waals surface area contributed by atoms with Gasteiger partial charge in [-0.15, -0.1) is 0 Å². The second-order valence-corrected chi connectivity index (χ2v) is 3.29. The number of benzene rings is 1. The van der Waals surface area contributed by atoms with Gasteiger partial charge in [-0.25, -0.2) is 9.40 Å². The summed E-state index contributed by atoms with van der Waals surface area (Å²) in [7, 11) is 0. The molecule has 1 aromatic carbocycles. The molecule has 0 spiro atoms. The van der Waals surface area contributed by atoms with Gasteiger partial charge in [-0.3, -0.25) is 0 Å². The van der Waals surface area contributed by atoms with Crippen LogP contribution in [0, 0.1) is 5.82 Å². The van der Waals surface area contributed by atoms with Crippen molar-refractivity contribution in [2.24, 2.45) is 0 Å². The third-order valence-corrected chi connectivity index (χ3v) is 2.26. The quantitative estimate of drug-likeness (QED) is 0.751. The largest absolute Gasteiger partial charge is 0.316 e. The number of anilines is 1. The molecule has 0 aliphatic carbocycles. The summed E-state index contributed by atoms with van der Waals surface area (Å²) in [5.74, 6) is -0.186. The van der Waals surface area contributed by atoms with Crippen LogP contribution in [0.4, 0.5) is 10.1 Å². The van der Waals surface area contributed by atoms with Crippen LogP contribution in [-0.4, -0.2) is 18.1 Å². The Kier molecular flexibility index (Phi) is 2.45. The van der Waals surface area contributed by atoms with Crippen LogP contribution in [0.2, 0.25) is 0 Å². The van der Waals surface area contributed by atoms with Crippen LogP contribution in [0.3, 0.4) is 0 Å². The van der Waals surface area contributed by atoms with Gasteiger partial charge in [0.25, 0.3) is 0 Å². The fourth-order valence-electron chi connectivity index (χ4n) is 1.55. The molecule has 13 heavy (non-hydrogen) atoms. The van der Waals surface area contributed by atoms with Gasteiger partial charge in [0.15, 0.2) is 0 Å². The van der Waals surface area contributed by atoms with Crippen molar-refractivity contribution in [3.05, 3.63) is 30.1 Å². The molecule has 1 saturated heterocycles. The average molecular weight is 180 g/mol. The van der Waals surface area contributed by atoms with Crippen molar-refractivity contribution >= 4 is 5.69 Å². The van der Waals surface area contributed by atoms with E-state index < -0.39 is 0 Å². The van der Waals surface area contributed by atoms with E-state index in [0.29, 0.717) is 5.69 Å². The number of nitrogens with zero attached hydrogens (tertiary/aromatic N) is 1. The zero-order valence-corrected chi connectivity index (χ0v) is 7.46. The van der Waals surface area contributed by atoms with Crippen LogP contribution in [0.5, 0.6) is 0 Å². The molecular weight excluding hydrogens is 167 g/mol. The third-order valence-electron chi connectivity index (χ3n) is 2.26. The van der Waals surface area contributed by atoms with E-state index >= 15 is 0 Å². The van der Waals surface area contributed by atoms with Gasteiger partial charge < -0.3 is 5.43 Å². The Balaban J connectivity index is 2.04. The van der Waals surface area contributed by atoms with Crippen molar-refractivity contribution in [1.29, 1.82) is 0 Å². The lowest BCUT2D eigenvalue weighted by Gasteiger charge is -2.17. The Labute approximate surface area is 77.3 Å². The Morgan fingerprint density at radius 2 is 1.85 bits per heavy atom. The number of hydrazine groups is 1. The molecule has 2 nitrogen and oxygen atoms in total. The number of halogens is 1. The topological polar surface area (TPSA) is 15.3 Å². The van der Waals surface area contributed by atoms with Crippen molar-refractivity contribution in [3.8, 4) is 0 Å². The molecule has 1 fully saturated rings. The predicted molar refractivity (Wildman–Crippen MR) is 50.8 cm³/mol. The Morgan fingerprint density at radius 3 is 2.54 bits per heavy atom. The molecule has 0 aromatic heterocycles. The lowest BCUT2D eigenvalue weighted by atomic mass is 10.3. The second-order valence-electron chi connectivity index (χ2n) is 3.29. The summed E-state index contributed by atoms with van der Waals surface area (Å²) in [6.07, 6.45) is 2.39. The van der Waals surface area contributed by atoms with Gasteiger partial charge in [0, 0.05) is 13.1 Å². The van der Waals surface area contributed by atoms with Crippen molar-refractivity contribution in [1.82, 2.24) is 5.01 Å². The monoisotopic (exact) mass is 180 g/mol. The van der Waals surface area contributed by atoms with Crippen LogP contribution in [0.15, 0.2) is 24.3 Å². The highest BCUT2D eigenvalue weighted by molar-refractivity contribution is 5.43. The summed E-state index contributed by atoms with van der Waals surface area (Å²) in [6, 6.07) is 6.76. The minimum atomic E-state index is -0.186. The fourth-order valence-corrected chi connectivity index (χ4v) is 1.55. The van der Waals surface area contributed by atoms with Gasteiger partial charge in [-0.1, -0.05) is 12.1 Å². The summed E-state index contributed by atoms with van der Waals surface area (Å²) < 4.78 is 13.2. The molecule has 1 aromatic rings. The standard InChI is InChI=1S/C10H13FN2/c11-9-5-1-2-6-10(9)12-13-7-3-4-8-13/h1-2,5-6,12H,3-4,7-8H2. The molecule has 0 bridgehead atoms. The maximum atomic E-state index is 13.2. The second kappa shape index (κ2) is 3.75. The van der Waals surface area contributed by atoms with E-state index in [1.807, 2.05) is 6.07 Å². The van der Waals surface area contributed by atoms with Crippen molar-refractivity contribution in [2.45, 2.75) is 12.8 Å². The van der Waals surface area contributed by atoms with Gasteiger partial charge in [-0.05, 0) is 25.0 Å². The molecule has 0 amide bonds. The van der Waals surface area contributed by atoms with Crippen LogP contribution in [-0.2, 0) is 0 Å². The Hall–Kier alpha value is -1.09. The van der Waals surface area contributed by atoms with E-state index in [4.69, 9.17) is 0 Å². The van der Waals surface area contributed by atoms with Crippen molar-refractivity contribution in [2.75, 3.05) is 18.5 Å². The minimum Gasteiger partial charge on any atom is -0.316 e. The number of para-hydroxylation sites is 1. The first kappa shape index (κ1) is 8.51. The Bertz CT molecular complexity index is 282. The first-order valence-corrected chi connectivity index (χ1v) is 4.62. The molecule has 1 aliphatic rings. The summed E-state index contributed by atoms with van der Waals surface area (Å²) >= 11 is 0. The first-order valence-electron chi connectivity index (χ1n) is 4.62. The predicted octanol–water partition coefficient (Wildman–Crippen LogP) is 2.25. The van der Waals surface area contributed by atoms with E-state index in [1.165, 1.54) is 18.9 Å². The van der Waals surface area contributed by atoms with E-state index in [-0.39, 0.29) is 5.82 Å².